The fraction of sp³-hybridized carbons (Fsp3) is 0. The summed E-state index contributed by atoms with van der Waals surface area (Å²) >= 11 is 0. The van der Waals surface area contributed by atoms with Crippen molar-refractivity contribution in [1.29, 1.82) is 0 Å². The maximum atomic E-state index is 5.02. The summed E-state index contributed by atoms with van der Waals surface area (Å²) in [6.07, 6.45) is 0. The van der Waals surface area contributed by atoms with Gasteiger partial charge in [0.05, 0.1) is 0 Å². The molecule has 0 fully saturated rings. The SMILES string of the molecule is [Br-].[Br-].[Cu+2].c1ccc2c(c1)-c1nc-2nc2[nH]c(nc3nc(nc4[nH]c(n1)c1ccccc41)-c1ccccc1-3)c1ccccc21. The van der Waals surface area contributed by atoms with Crippen LogP contribution in [0.5, 0.6) is 0 Å². The first-order chi connectivity index (χ1) is 19.8. The molecule has 0 unspecified atom stereocenters. The number of aromatic amines is 2. The van der Waals surface area contributed by atoms with Crippen LogP contribution in [0, 0.1) is 0 Å². The molecule has 43 heavy (non-hydrogen) atoms. The maximum absolute atomic E-state index is 5.02. The molecular formula is C32H18Br2CuN8. The summed E-state index contributed by atoms with van der Waals surface area (Å²) in [5, 5.41) is 3.82. The van der Waals surface area contributed by atoms with E-state index in [9.17, 15) is 0 Å². The third-order valence-corrected chi connectivity index (χ3v) is 7.46. The van der Waals surface area contributed by atoms with Crippen LogP contribution in [0.2, 0.25) is 0 Å². The molecule has 8 nitrogen and oxygen atoms in total. The number of nitrogens with zero attached hydrogens (tertiary/aromatic N) is 6. The van der Waals surface area contributed by atoms with Crippen molar-refractivity contribution in [2.45, 2.75) is 0 Å². The summed E-state index contributed by atoms with van der Waals surface area (Å²) in [6.45, 7) is 0. The van der Waals surface area contributed by atoms with Crippen molar-refractivity contribution in [2.24, 2.45) is 0 Å². The molecule has 1 radical (unpaired) electrons. The van der Waals surface area contributed by atoms with Crippen LogP contribution >= 0.6 is 0 Å². The summed E-state index contributed by atoms with van der Waals surface area (Å²) in [4.78, 5) is 36.8. The molecule has 11 heteroatoms. The van der Waals surface area contributed by atoms with Crippen LogP contribution < -0.4 is 34.0 Å². The van der Waals surface area contributed by atoms with E-state index in [0.29, 0.717) is 45.9 Å². The molecular weight excluding hydrogens is 720 g/mol. The minimum atomic E-state index is 0. The molecule has 0 saturated heterocycles. The fourth-order valence-electron chi connectivity index (χ4n) is 5.59. The van der Waals surface area contributed by atoms with Crippen molar-refractivity contribution in [3.8, 4) is 45.6 Å². The van der Waals surface area contributed by atoms with Crippen LogP contribution in [0.3, 0.4) is 0 Å². The molecule has 0 atom stereocenters. The largest absolute Gasteiger partial charge is 2.00 e. The zero-order chi connectivity index (χ0) is 26.2. The van der Waals surface area contributed by atoms with Crippen molar-refractivity contribution in [3.05, 3.63) is 97.1 Å². The summed E-state index contributed by atoms with van der Waals surface area (Å²) in [5.74, 6) is 2.39. The van der Waals surface area contributed by atoms with Gasteiger partial charge in [-0.15, -0.1) is 0 Å². The van der Waals surface area contributed by atoms with Gasteiger partial charge in [0.15, 0.2) is 23.3 Å². The molecule has 0 aliphatic carbocycles. The monoisotopic (exact) mass is 735 g/mol. The Balaban J connectivity index is 0.00000110. The van der Waals surface area contributed by atoms with Crippen LogP contribution in [0.4, 0.5) is 0 Å². The Kier molecular flexibility index (Phi) is 7.43. The Hall–Kier alpha value is -4.28. The van der Waals surface area contributed by atoms with E-state index < -0.39 is 0 Å². The van der Waals surface area contributed by atoms with E-state index in [-0.39, 0.29) is 51.0 Å². The van der Waals surface area contributed by atoms with Gasteiger partial charge in [-0.25, -0.2) is 29.9 Å². The van der Waals surface area contributed by atoms with E-state index in [1.807, 2.05) is 97.1 Å². The molecule has 0 saturated carbocycles. The summed E-state index contributed by atoms with van der Waals surface area (Å²) in [6, 6.07) is 32.2. The Labute approximate surface area is 276 Å². The van der Waals surface area contributed by atoms with Gasteiger partial charge >= 0.3 is 17.1 Å². The van der Waals surface area contributed by atoms with Gasteiger partial charge in [0.25, 0.3) is 0 Å². The molecule has 9 rings (SSSR count). The Bertz CT molecular complexity index is 2050. The van der Waals surface area contributed by atoms with Crippen LogP contribution in [-0.2, 0) is 17.1 Å². The number of benzene rings is 4. The second-order valence-corrected chi connectivity index (χ2v) is 9.79. The number of halogens is 2. The van der Waals surface area contributed by atoms with Crippen molar-refractivity contribution in [1.82, 2.24) is 39.9 Å². The van der Waals surface area contributed by atoms with Crippen LogP contribution in [0.25, 0.3) is 89.7 Å². The Morgan fingerprint density at radius 1 is 0.326 bits per heavy atom. The second kappa shape index (κ2) is 11.1. The van der Waals surface area contributed by atoms with E-state index in [2.05, 4.69) is 9.97 Å². The van der Waals surface area contributed by atoms with E-state index in [4.69, 9.17) is 29.9 Å². The van der Waals surface area contributed by atoms with Gasteiger partial charge in [-0.05, 0) is 0 Å². The molecule has 2 aliphatic rings. The summed E-state index contributed by atoms with van der Waals surface area (Å²) < 4.78 is 0. The molecule has 7 aromatic rings. The molecule has 4 aromatic carbocycles. The quantitative estimate of drug-likeness (QED) is 0.224. The minimum Gasteiger partial charge on any atom is -1.00 e. The van der Waals surface area contributed by atoms with Gasteiger partial charge in [0.2, 0.25) is 0 Å². The first-order valence-electron chi connectivity index (χ1n) is 13.0. The van der Waals surface area contributed by atoms with Gasteiger partial charge in [-0.1, -0.05) is 97.1 Å². The molecule has 2 N–H and O–H groups in total. The summed E-state index contributed by atoms with van der Waals surface area (Å²) in [5.41, 5.74) is 6.45. The van der Waals surface area contributed by atoms with Crippen LogP contribution in [0.1, 0.15) is 0 Å². The van der Waals surface area contributed by atoms with E-state index >= 15 is 0 Å². The maximum Gasteiger partial charge on any atom is 2.00 e. The fourth-order valence-corrected chi connectivity index (χ4v) is 5.59. The Morgan fingerprint density at radius 2 is 0.558 bits per heavy atom. The molecule has 2 aliphatic heterocycles. The average Bonchev–Trinajstić information content (AvgIpc) is 3.73. The minimum absolute atomic E-state index is 0. The zero-order valence-electron chi connectivity index (χ0n) is 22.0. The molecule has 0 spiro atoms. The Morgan fingerprint density at radius 3 is 0.814 bits per heavy atom. The molecule has 8 bridgehead atoms. The van der Waals surface area contributed by atoms with Gasteiger partial charge in [0, 0.05) is 43.8 Å². The predicted octanol–water partition coefficient (Wildman–Crippen LogP) is 0.875. The number of fused-ring (bicyclic) bond motifs is 20. The number of aromatic nitrogens is 8. The first-order valence-corrected chi connectivity index (χ1v) is 13.0. The molecule has 3 aromatic heterocycles. The van der Waals surface area contributed by atoms with Crippen molar-refractivity contribution in [3.63, 3.8) is 0 Å². The number of nitrogens with one attached hydrogen (secondary N) is 2. The molecule has 211 valence electrons. The molecule has 0 amide bonds. The number of hydrogen-bond donors (Lipinski definition) is 2. The van der Waals surface area contributed by atoms with Gasteiger partial charge in [-0.2, -0.15) is 0 Å². The van der Waals surface area contributed by atoms with Crippen LogP contribution in [-0.4, -0.2) is 39.9 Å². The zero-order valence-corrected chi connectivity index (χ0v) is 26.1. The van der Waals surface area contributed by atoms with E-state index in [1.165, 1.54) is 0 Å². The number of hydrogen-bond acceptors (Lipinski definition) is 6. The third-order valence-electron chi connectivity index (χ3n) is 7.46. The van der Waals surface area contributed by atoms with E-state index in [1.54, 1.807) is 0 Å². The number of H-pyrrole nitrogens is 2. The van der Waals surface area contributed by atoms with Gasteiger partial charge in [-0.3, -0.25) is 0 Å². The van der Waals surface area contributed by atoms with Crippen molar-refractivity contribution < 1.29 is 51.0 Å². The predicted molar refractivity (Wildman–Crippen MR) is 156 cm³/mol. The van der Waals surface area contributed by atoms with Gasteiger partial charge in [0.1, 0.15) is 22.6 Å². The second-order valence-electron chi connectivity index (χ2n) is 9.79. The third kappa shape index (κ3) is 4.47. The van der Waals surface area contributed by atoms with Gasteiger partial charge < -0.3 is 43.9 Å². The average molecular weight is 738 g/mol. The number of rotatable bonds is 0. The normalized spacial score (nSPS) is 11.2. The van der Waals surface area contributed by atoms with Crippen LogP contribution in [0.15, 0.2) is 97.1 Å². The van der Waals surface area contributed by atoms with E-state index in [0.717, 1.165) is 43.8 Å². The van der Waals surface area contributed by atoms with Crippen molar-refractivity contribution >= 4 is 44.1 Å². The smallest absolute Gasteiger partial charge is 1.00 e. The topological polar surface area (TPSA) is 109 Å². The van der Waals surface area contributed by atoms with Crippen molar-refractivity contribution in [2.75, 3.05) is 0 Å². The molecule has 5 heterocycles. The first kappa shape index (κ1) is 28.8. The standard InChI is InChI=1S/C32H18N8.2BrH.Cu/c1-2-10-18-17(9-1)25-33-26(18)38-28-21-13-5-6-14-22(21)30(35-28)40-32-24-16-8-7-15-23(24)31(36-32)39-29-20-12-4-3-11-19(20)27(34-29)37-25;;;/h1-16H,(H2,33,34,35,36,37,38,39,40);2*1H;/q;;;+2/p-2. The summed E-state index contributed by atoms with van der Waals surface area (Å²) in [7, 11) is 0.